The second-order valence-electron chi connectivity index (χ2n) is 6.38. The van der Waals surface area contributed by atoms with Gasteiger partial charge in [-0.1, -0.05) is 0 Å². The molecule has 0 unspecified atom stereocenters. The van der Waals surface area contributed by atoms with Crippen molar-refractivity contribution in [1.82, 2.24) is 10.2 Å². The third kappa shape index (κ3) is 4.20. The van der Waals surface area contributed by atoms with Crippen LogP contribution in [0.25, 0.3) is 0 Å². The van der Waals surface area contributed by atoms with Crippen LogP contribution < -0.4 is 5.32 Å². The van der Waals surface area contributed by atoms with Crippen molar-refractivity contribution < 1.29 is 14.7 Å². The molecule has 0 bridgehead atoms. The predicted molar refractivity (Wildman–Crippen MR) is 76.3 cm³/mol. The summed E-state index contributed by atoms with van der Waals surface area (Å²) in [5, 5.41) is 12.0. The normalized spacial score (nSPS) is 29.1. The second-order valence-corrected chi connectivity index (χ2v) is 6.38. The van der Waals surface area contributed by atoms with E-state index < -0.39 is 5.97 Å². The summed E-state index contributed by atoms with van der Waals surface area (Å²) in [6.07, 6.45) is 5.03. The summed E-state index contributed by atoms with van der Waals surface area (Å²) in [6.45, 7) is 3.01. The predicted octanol–water partition coefficient (Wildman–Crippen LogP) is 1.34. The summed E-state index contributed by atoms with van der Waals surface area (Å²) in [4.78, 5) is 25.3. The van der Waals surface area contributed by atoms with Crippen molar-refractivity contribution in [2.75, 3.05) is 26.7 Å². The number of amides is 1. The smallest absolute Gasteiger partial charge is 0.306 e. The van der Waals surface area contributed by atoms with Crippen molar-refractivity contribution >= 4 is 11.9 Å². The molecule has 1 heterocycles. The van der Waals surface area contributed by atoms with Gasteiger partial charge in [-0.3, -0.25) is 9.59 Å². The van der Waals surface area contributed by atoms with Crippen LogP contribution in [0.4, 0.5) is 0 Å². The lowest BCUT2D eigenvalue weighted by Gasteiger charge is -2.30. The fourth-order valence-corrected chi connectivity index (χ4v) is 3.26. The number of carboxylic acid groups (broad SMARTS) is 1. The molecule has 2 rings (SSSR count). The lowest BCUT2D eigenvalue weighted by atomic mass is 9.81. The number of nitrogens with zero attached hydrogens (tertiary/aromatic N) is 1. The second kappa shape index (κ2) is 7.07. The van der Waals surface area contributed by atoms with E-state index in [4.69, 9.17) is 5.11 Å². The van der Waals surface area contributed by atoms with Crippen LogP contribution in [0.3, 0.4) is 0 Å². The Balaban J connectivity index is 1.67. The Morgan fingerprint density at radius 3 is 2.15 bits per heavy atom. The number of aliphatic carboxylic acids is 1. The van der Waals surface area contributed by atoms with Crippen molar-refractivity contribution in [3.63, 3.8) is 0 Å². The van der Waals surface area contributed by atoms with Gasteiger partial charge in [-0.2, -0.15) is 0 Å². The van der Waals surface area contributed by atoms with Gasteiger partial charge >= 0.3 is 5.97 Å². The highest BCUT2D eigenvalue weighted by atomic mass is 16.4. The Morgan fingerprint density at radius 1 is 1.05 bits per heavy atom. The summed E-state index contributed by atoms with van der Waals surface area (Å²) in [7, 11) is 2.13. The molecule has 1 aliphatic carbocycles. The number of carbonyl (C=O) groups is 2. The molecule has 2 aliphatic rings. The van der Waals surface area contributed by atoms with Crippen LogP contribution >= 0.6 is 0 Å². The molecule has 5 heteroatoms. The zero-order chi connectivity index (χ0) is 14.5. The van der Waals surface area contributed by atoms with Gasteiger partial charge in [-0.15, -0.1) is 0 Å². The minimum absolute atomic E-state index is 0.0249. The van der Waals surface area contributed by atoms with Gasteiger partial charge < -0.3 is 15.3 Å². The van der Waals surface area contributed by atoms with E-state index in [1.165, 1.54) is 0 Å². The average Bonchev–Trinajstić information content (AvgIpc) is 2.46. The van der Waals surface area contributed by atoms with Crippen molar-refractivity contribution in [2.45, 2.75) is 38.5 Å². The van der Waals surface area contributed by atoms with Gasteiger partial charge in [0.05, 0.1) is 5.92 Å². The molecule has 2 N–H and O–H groups in total. The molecule has 20 heavy (non-hydrogen) atoms. The summed E-state index contributed by atoms with van der Waals surface area (Å²) >= 11 is 0. The average molecular weight is 282 g/mol. The quantitative estimate of drug-likeness (QED) is 0.816. The van der Waals surface area contributed by atoms with E-state index >= 15 is 0 Å². The van der Waals surface area contributed by atoms with Crippen LogP contribution in [0.15, 0.2) is 0 Å². The van der Waals surface area contributed by atoms with Gasteiger partial charge in [0.1, 0.15) is 0 Å². The number of likely N-dealkylation sites (tertiary alicyclic amines) is 1. The number of hydrogen-bond acceptors (Lipinski definition) is 3. The third-order valence-electron chi connectivity index (χ3n) is 4.85. The summed E-state index contributed by atoms with van der Waals surface area (Å²) < 4.78 is 0. The number of carbonyl (C=O) groups excluding carboxylic acids is 1. The van der Waals surface area contributed by atoms with Gasteiger partial charge in [0.15, 0.2) is 0 Å². The lowest BCUT2D eigenvalue weighted by molar-refractivity contribution is -0.144. The van der Waals surface area contributed by atoms with Gasteiger partial charge in [-0.05, 0) is 64.6 Å². The largest absolute Gasteiger partial charge is 0.481 e. The number of rotatable bonds is 4. The van der Waals surface area contributed by atoms with Crippen LogP contribution in [0.2, 0.25) is 0 Å². The fourth-order valence-electron chi connectivity index (χ4n) is 3.26. The maximum atomic E-state index is 12.1. The van der Waals surface area contributed by atoms with Gasteiger partial charge in [0, 0.05) is 12.5 Å². The zero-order valence-electron chi connectivity index (χ0n) is 12.3. The highest BCUT2D eigenvalue weighted by molar-refractivity contribution is 5.79. The monoisotopic (exact) mass is 282 g/mol. The van der Waals surface area contributed by atoms with Gasteiger partial charge in [0.25, 0.3) is 0 Å². The van der Waals surface area contributed by atoms with E-state index in [1.807, 2.05) is 0 Å². The first-order chi connectivity index (χ1) is 9.56. The van der Waals surface area contributed by atoms with E-state index in [0.29, 0.717) is 18.8 Å². The first-order valence-corrected chi connectivity index (χ1v) is 7.75. The van der Waals surface area contributed by atoms with Crippen LogP contribution in [0.1, 0.15) is 38.5 Å². The molecular weight excluding hydrogens is 256 g/mol. The number of hydrogen-bond donors (Lipinski definition) is 2. The molecule has 1 saturated heterocycles. The Kier molecular flexibility index (Phi) is 5.40. The molecule has 1 saturated carbocycles. The van der Waals surface area contributed by atoms with Gasteiger partial charge in [0.2, 0.25) is 5.91 Å². The van der Waals surface area contributed by atoms with E-state index in [-0.39, 0.29) is 17.7 Å². The fraction of sp³-hybridized carbons (Fsp3) is 0.867. The molecule has 0 aromatic rings. The van der Waals surface area contributed by atoms with Crippen LogP contribution in [-0.2, 0) is 9.59 Å². The van der Waals surface area contributed by atoms with E-state index in [1.54, 1.807) is 0 Å². The Hall–Kier alpha value is -1.10. The molecule has 0 aromatic heterocycles. The van der Waals surface area contributed by atoms with Crippen LogP contribution in [0.5, 0.6) is 0 Å². The maximum absolute atomic E-state index is 12.1. The van der Waals surface area contributed by atoms with E-state index in [0.717, 1.165) is 45.3 Å². The van der Waals surface area contributed by atoms with Gasteiger partial charge in [-0.25, -0.2) is 0 Å². The number of carboxylic acids is 1. The first-order valence-electron chi connectivity index (χ1n) is 7.75. The van der Waals surface area contributed by atoms with Crippen LogP contribution in [0, 0.1) is 17.8 Å². The van der Waals surface area contributed by atoms with Crippen molar-refractivity contribution in [3.05, 3.63) is 0 Å². The summed E-state index contributed by atoms with van der Waals surface area (Å²) in [5.41, 5.74) is 0. The highest BCUT2D eigenvalue weighted by Gasteiger charge is 2.30. The SMILES string of the molecule is CN1CCC(CNC(=O)C2CCC(C(=O)O)CC2)CC1. The minimum atomic E-state index is -0.713. The van der Waals surface area contributed by atoms with Crippen molar-refractivity contribution in [2.24, 2.45) is 17.8 Å². The molecule has 2 fully saturated rings. The standard InChI is InChI=1S/C15H26N2O3/c1-17-8-6-11(7-9-17)10-16-14(18)12-2-4-13(5-3-12)15(19)20/h11-13H,2-10H2,1H3,(H,16,18)(H,19,20). The highest BCUT2D eigenvalue weighted by Crippen LogP contribution is 2.29. The molecule has 1 amide bonds. The van der Waals surface area contributed by atoms with Crippen LogP contribution in [-0.4, -0.2) is 48.6 Å². The Bertz CT molecular complexity index is 343. The zero-order valence-corrected chi connectivity index (χ0v) is 12.3. The molecule has 1 aliphatic heterocycles. The van der Waals surface area contributed by atoms with Crippen molar-refractivity contribution in [3.8, 4) is 0 Å². The summed E-state index contributed by atoms with van der Waals surface area (Å²) in [6, 6.07) is 0. The first kappa shape index (κ1) is 15.3. The summed E-state index contributed by atoms with van der Waals surface area (Å²) in [5.74, 6) is -0.196. The third-order valence-corrected chi connectivity index (χ3v) is 4.85. The van der Waals surface area contributed by atoms with E-state index in [9.17, 15) is 9.59 Å². The van der Waals surface area contributed by atoms with E-state index in [2.05, 4.69) is 17.3 Å². The maximum Gasteiger partial charge on any atom is 0.306 e. The molecule has 114 valence electrons. The Labute approximate surface area is 120 Å². The molecular formula is C15H26N2O3. The molecule has 0 radical (unpaired) electrons. The minimum Gasteiger partial charge on any atom is -0.481 e. The molecule has 0 aromatic carbocycles. The Morgan fingerprint density at radius 2 is 1.60 bits per heavy atom. The topological polar surface area (TPSA) is 69.6 Å². The molecule has 0 atom stereocenters. The lowest BCUT2D eigenvalue weighted by Crippen LogP contribution is -2.40. The number of piperidine rings is 1. The molecule has 0 spiro atoms. The molecule has 5 nitrogen and oxygen atoms in total. The van der Waals surface area contributed by atoms with Crippen molar-refractivity contribution in [1.29, 1.82) is 0 Å². The number of nitrogens with one attached hydrogen (secondary N) is 1.